The maximum absolute atomic E-state index is 12.4. The lowest BCUT2D eigenvalue weighted by Gasteiger charge is -2.19. The number of fused-ring (bicyclic) bond motifs is 1. The van der Waals surface area contributed by atoms with Gasteiger partial charge in [0, 0.05) is 6.54 Å². The molecule has 0 fully saturated rings. The second-order valence-corrected chi connectivity index (χ2v) is 6.22. The quantitative estimate of drug-likeness (QED) is 0.630. The van der Waals surface area contributed by atoms with Crippen LogP contribution in [0.25, 0.3) is 11.1 Å². The van der Waals surface area contributed by atoms with Crippen molar-refractivity contribution in [2.75, 3.05) is 19.8 Å². The van der Waals surface area contributed by atoms with Gasteiger partial charge in [-0.25, -0.2) is 4.79 Å². The fourth-order valence-corrected chi connectivity index (χ4v) is 2.82. The second kappa shape index (κ2) is 8.66. The highest BCUT2D eigenvalue weighted by molar-refractivity contribution is 5.79. The van der Waals surface area contributed by atoms with Crippen LogP contribution in [0.4, 0.5) is 0 Å². The van der Waals surface area contributed by atoms with Crippen LogP contribution in [-0.4, -0.2) is 35.3 Å². The summed E-state index contributed by atoms with van der Waals surface area (Å²) in [7, 11) is 0. The molecule has 3 rings (SSSR count). The molecule has 1 unspecified atom stereocenters. The Bertz CT molecular complexity index is 958. The largest absolute Gasteiger partial charge is 0.420 e. The Balaban J connectivity index is 1.67. The zero-order chi connectivity index (χ0) is 19.2. The molecule has 0 saturated heterocycles. The molecule has 0 aliphatic rings. The highest BCUT2D eigenvalue weighted by atomic mass is 16.5. The number of oxazole rings is 1. The molecule has 2 aromatic carbocycles. The topological polar surface area (TPSA) is 93.7 Å². The molecular weight excluding hydrogens is 348 g/mol. The van der Waals surface area contributed by atoms with E-state index in [9.17, 15) is 9.59 Å². The Hall–Kier alpha value is -2.90. The minimum Gasteiger partial charge on any atom is -0.408 e. The number of aliphatic hydroxyl groups excluding tert-OH is 1. The minimum atomic E-state index is -0.571. The fraction of sp³-hybridized carbons (Fsp3) is 0.300. The second-order valence-electron chi connectivity index (χ2n) is 6.22. The van der Waals surface area contributed by atoms with Gasteiger partial charge in [-0.2, -0.15) is 0 Å². The van der Waals surface area contributed by atoms with E-state index in [4.69, 9.17) is 14.3 Å². The summed E-state index contributed by atoms with van der Waals surface area (Å²) in [5.41, 5.74) is 3.04. The number of aryl methyl sites for hydroxylation is 1. The molecule has 1 heterocycles. The summed E-state index contributed by atoms with van der Waals surface area (Å²) in [6, 6.07) is 14.7. The lowest BCUT2D eigenvalue weighted by Crippen LogP contribution is -2.34. The van der Waals surface area contributed by atoms with Crippen LogP contribution >= 0.6 is 0 Å². The molecule has 1 amide bonds. The molecule has 7 heteroatoms. The van der Waals surface area contributed by atoms with Crippen molar-refractivity contribution in [3.63, 3.8) is 0 Å². The van der Waals surface area contributed by atoms with Crippen molar-refractivity contribution >= 4 is 17.0 Å². The van der Waals surface area contributed by atoms with Crippen molar-refractivity contribution in [3.8, 4) is 0 Å². The average molecular weight is 370 g/mol. The molecule has 0 radical (unpaired) electrons. The molecule has 3 aromatic rings. The number of nitrogens with zero attached hydrogens (tertiary/aromatic N) is 1. The van der Waals surface area contributed by atoms with E-state index in [1.165, 1.54) is 4.57 Å². The number of rotatable bonds is 8. The summed E-state index contributed by atoms with van der Waals surface area (Å²) in [6.07, 6.45) is -0.389. The monoisotopic (exact) mass is 370 g/mol. The van der Waals surface area contributed by atoms with Gasteiger partial charge in [0.2, 0.25) is 5.91 Å². The molecule has 1 atom stereocenters. The van der Waals surface area contributed by atoms with Crippen molar-refractivity contribution in [1.29, 1.82) is 0 Å². The normalized spacial score (nSPS) is 12.2. The third-order valence-corrected chi connectivity index (χ3v) is 4.22. The first kappa shape index (κ1) is 18.9. The standard InChI is InChI=1S/C20H22N2O5/c1-14-6-8-15(9-7-14)18(26-11-10-23)12-21-19(24)13-22-16-4-2-3-5-17(16)27-20(22)25/h2-9,18,23H,10-13H2,1H3,(H,21,24). The lowest BCUT2D eigenvalue weighted by molar-refractivity contribution is -0.122. The SMILES string of the molecule is Cc1ccc(C(CNC(=O)Cn2c(=O)oc3ccccc32)OCCO)cc1. The Morgan fingerprint density at radius 1 is 1.22 bits per heavy atom. The smallest absolute Gasteiger partial charge is 0.408 e. The van der Waals surface area contributed by atoms with Gasteiger partial charge in [0.25, 0.3) is 0 Å². The number of ether oxygens (including phenoxy) is 1. The Kier molecular flexibility index (Phi) is 6.05. The molecule has 1 aromatic heterocycles. The number of amides is 1. The number of carbonyl (C=O) groups excluding carboxylic acids is 1. The summed E-state index contributed by atoms with van der Waals surface area (Å²) in [5, 5.41) is 11.8. The number of hydrogen-bond donors (Lipinski definition) is 2. The van der Waals surface area contributed by atoms with Gasteiger partial charge in [-0.05, 0) is 24.6 Å². The Labute approximate surface area is 156 Å². The number of aromatic nitrogens is 1. The molecule has 2 N–H and O–H groups in total. The number of hydrogen-bond acceptors (Lipinski definition) is 5. The minimum absolute atomic E-state index is 0.104. The average Bonchev–Trinajstić information content (AvgIpc) is 2.98. The molecule has 0 spiro atoms. The summed E-state index contributed by atoms with van der Waals surface area (Å²) < 4.78 is 12.1. The molecule has 0 saturated carbocycles. The third kappa shape index (κ3) is 4.64. The molecule has 27 heavy (non-hydrogen) atoms. The van der Waals surface area contributed by atoms with Gasteiger partial charge in [0.1, 0.15) is 6.54 Å². The third-order valence-electron chi connectivity index (χ3n) is 4.22. The van der Waals surface area contributed by atoms with E-state index in [1.807, 2.05) is 31.2 Å². The first-order chi connectivity index (χ1) is 13.1. The van der Waals surface area contributed by atoms with Gasteiger partial charge < -0.3 is 19.6 Å². The van der Waals surface area contributed by atoms with E-state index in [-0.39, 0.29) is 38.3 Å². The molecule has 142 valence electrons. The van der Waals surface area contributed by atoms with Crippen LogP contribution in [-0.2, 0) is 16.1 Å². The number of nitrogens with one attached hydrogen (secondary N) is 1. The molecule has 0 aliphatic heterocycles. The highest BCUT2D eigenvalue weighted by Gasteiger charge is 2.16. The summed E-state index contributed by atoms with van der Waals surface area (Å²) in [6.45, 7) is 2.14. The van der Waals surface area contributed by atoms with Crippen molar-refractivity contribution in [1.82, 2.24) is 9.88 Å². The van der Waals surface area contributed by atoms with Crippen LogP contribution in [0, 0.1) is 6.92 Å². The molecule has 0 aliphatic carbocycles. The van der Waals surface area contributed by atoms with Crippen LogP contribution in [0.15, 0.2) is 57.7 Å². The summed E-state index contributed by atoms with van der Waals surface area (Å²) in [5.74, 6) is -0.897. The van der Waals surface area contributed by atoms with Crippen LogP contribution in [0.5, 0.6) is 0 Å². The predicted molar refractivity (Wildman–Crippen MR) is 100 cm³/mol. The Morgan fingerprint density at radius 2 is 1.96 bits per heavy atom. The van der Waals surface area contributed by atoms with Gasteiger partial charge in [0.05, 0.1) is 24.8 Å². The Morgan fingerprint density at radius 3 is 2.70 bits per heavy atom. The fourth-order valence-electron chi connectivity index (χ4n) is 2.82. The molecular formula is C20H22N2O5. The summed E-state index contributed by atoms with van der Waals surface area (Å²) >= 11 is 0. The van der Waals surface area contributed by atoms with Gasteiger partial charge in [-0.1, -0.05) is 42.0 Å². The number of para-hydroxylation sites is 2. The van der Waals surface area contributed by atoms with E-state index in [1.54, 1.807) is 24.3 Å². The zero-order valence-corrected chi connectivity index (χ0v) is 15.1. The van der Waals surface area contributed by atoms with Crippen LogP contribution in [0.3, 0.4) is 0 Å². The van der Waals surface area contributed by atoms with E-state index in [0.29, 0.717) is 11.1 Å². The van der Waals surface area contributed by atoms with Crippen molar-refractivity contribution in [2.45, 2.75) is 19.6 Å². The van der Waals surface area contributed by atoms with E-state index in [0.717, 1.165) is 11.1 Å². The number of aliphatic hydroxyl groups is 1. The first-order valence-electron chi connectivity index (χ1n) is 8.72. The summed E-state index contributed by atoms with van der Waals surface area (Å²) in [4.78, 5) is 24.3. The lowest BCUT2D eigenvalue weighted by atomic mass is 10.1. The number of carbonyl (C=O) groups is 1. The maximum atomic E-state index is 12.4. The predicted octanol–water partition coefficient (Wildman–Crippen LogP) is 1.77. The number of benzene rings is 2. The van der Waals surface area contributed by atoms with Crippen molar-refractivity contribution < 1.29 is 19.1 Å². The van der Waals surface area contributed by atoms with Crippen molar-refractivity contribution in [3.05, 3.63) is 70.2 Å². The first-order valence-corrected chi connectivity index (χ1v) is 8.72. The molecule has 0 bridgehead atoms. The zero-order valence-electron chi connectivity index (χ0n) is 15.1. The highest BCUT2D eigenvalue weighted by Crippen LogP contribution is 2.17. The maximum Gasteiger partial charge on any atom is 0.420 e. The van der Waals surface area contributed by atoms with Crippen LogP contribution in [0.1, 0.15) is 17.2 Å². The van der Waals surface area contributed by atoms with E-state index < -0.39 is 5.76 Å². The molecule has 7 nitrogen and oxygen atoms in total. The van der Waals surface area contributed by atoms with Gasteiger partial charge >= 0.3 is 5.76 Å². The van der Waals surface area contributed by atoms with Crippen LogP contribution in [0.2, 0.25) is 0 Å². The van der Waals surface area contributed by atoms with E-state index >= 15 is 0 Å². The van der Waals surface area contributed by atoms with Gasteiger partial charge in [0.15, 0.2) is 5.58 Å². The van der Waals surface area contributed by atoms with Gasteiger partial charge in [-0.15, -0.1) is 0 Å². The van der Waals surface area contributed by atoms with Crippen LogP contribution < -0.4 is 11.1 Å². The van der Waals surface area contributed by atoms with Gasteiger partial charge in [-0.3, -0.25) is 9.36 Å². The van der Waals surface area contributed by atoms with E-state index in [2.05, 4.69) is 5.32 Å². The van der Waals surface area contributed by atoms with Crippen molar-refractivity contribution in [2.24, 2.45) is 0 Å².